The predicted octanol–water partition coefficient (Wildman–Crippen LogP) is 4.77. The summed E-state index contributed by atoms with van der Waals surface area (Å²) in [6.07, 6.45) is -4.39. The van der Waals surface area contributed by atoms with Crippen molar-refractivity contribution in [2.75, 3.05) is 5.75 Å². The Morgan fingerprint density at radius 1 is 1.13 bits per heavy atom. The number of carbonyl (C=O) groups excluding carboxylic acids is 1. The normalized spacial score (nSPS) is 11.3. The second-order valence-corrected chi connectivity index (χ2v) is 6.12. The number of hydrogen-bond acceptors (Lipinski definition) is 2. The Bertz CT molecular complexity index is 691. The van der Waals surface area contributed by atoms with Crippen molar-refractivity contribution >= 4 is 29.3 Å². The molecule has 1 N–H and O–H groups in total. The van der Waals surface area contributed by atoms with Crippen LogP contribution in [0.4, 0.5) is 13.2 Å². The second kappa shape index (κ2) is 7.75. The maximum absolute atomic E-state index is 12.6. The largest absolute Gasteiger partial charge is 0.416 e. The summed E-state index contributed by atoms with van der Waals surface area (Å²) in [6, 6.07) is 12.0. The molecule has 2 nitrogen and oxygen atoms in total. The van der Waals surface area contributed by atoms with Crippen molar-refractivity contribution in [1.29, 1.82) is 0 Å². The molecule has 0 unspecified atom stereocenters. The lowest BCUT2D eigenvalue weighted by atomic mass is 10.1. The molecule has 0 fully saturated rings. The molecule has 0 spiro atoms. The van der Waals surface area contributed by atoms with Crippen molar-refractivity contribution in [1.82, 2.24) is 5.32 Å². The first-order valence-corrected chi connectivity index (χ1v) is 8.03. The molecule has 23 heavy (non-hydrogen) atoms. The Kier molecular flexibility index (Phi) is 5.96. The fraction of sp³-hybridized carbons (Fsp3) is 0.188. The summed E-state index contributed by atoms with van der Waals surface area (Å²) in [5.41, 5.74) is -0.328. The van der Waals surface area contributed by atoms with Gasteiger partial charge in [-0.15, -0.1) is 11.8 Å². The minimum Gasteiger partial charge on any atom is -0.351 e. The Morgan fingerprint density at radius 3 is 2.57 bits per heavy atom. The van der Waals surface area contributed by atoms with E-state index in [1.807, 2.05) is 6.07 Å². The van der Waals surface area contributed by atoms with E-state index in [0.29, 0.717) is 10.6 Å². The molecule has 0 saturated heterocycles. The number of hydrogen-bond donors (Lipinski definition) is 1. The van der Waals surface area contributed by atoms with Crippen LogP contribution >= 0.6 is 23.4 Å². The third-order valence-corrected chi connectivity index (χ3v) is 4.45. The van der Waals surface area contributed by atoms with Gasteiger partial charge in [-0.05, 0) is 29.8 Å². The molecular weight excluding hydrogens is 347 g/mol. The molecule has 2 aromatic carbocycles. The van der Waals surface area contributed by atoms with Gasteiger partial charge >= 0.3 is 6.18 Å². The van der Waals surface area contributed by atoms with Gasteiger partial charge in [-0.1, -0.05) is 35.9 Å². The summed E-state index contributed by atoms with van der Waals surface area (Å²) in [6.45, 7) is 0.0475. The zero-order valence-corrected chi connectivity index (χ0v) is 13.4. The van der Waals surface area contributed by atoms with E-state index in [-0.39, 0.29) is 18.2 Å². The van der Waals surface area contributed by atoms with Crippen LogP contribution in [0.5, 0.6) is 0 Å². The van der Waals surface area contributed by atoms with E-state index in [9.17, 15) is 18.0 Å². The van der Waals surface area contributed by atoms with Gasteiger partial charge in [-0.3, -0.25) is 4.79 Å². The minimum absolute atomic E-state index is 0.0475. The molecule has 2 rings (SSSR count). The van der Waals surface area contributed by atoms with Gasteiger partial charge in [0.05, 0.1) is 16.3 Å². The van der Waals surface area contributed by atoms with E-state index >= 15 is 0 Å². The third-order valence-electron chi connectivity index (χ3n) is 2.94. The molecule has 0 bridgehead atoms. The van der Waals surface area contributed by atoms with Gasteiger partial charge in [0, 0.05) is 11.4 Å². The molecule has 0 aromatic heterocycles. The Morgan fingerprint density at radius 2 is 1.87 bits per heavy atom. The van der Waals surface area contributed by atoms with Crippen LogP contribution in [0.2, 0.25) is 5.02 Å². The number of thioether (sulfide) groups is 1. The van der Waals surface area contributed by atoms with Crippen LogP contribution in [-0.2, 0) is 17.5 Å². The fourth-order valence-corrected chi connectivity index (χ4v) is 2.88. The molecule has 1 amide bonds. The number of carbonyl (C=O) groups is 1. The summed E-state index contributed by atoms with van der Waals surface area (Å²) in [5, 5.41) is 3.16. The quantitative estimate of drug-likeness (QED) is 0.779. The van der Waals surface area contributed by atoms with E-state index in [2.05, 4.69) is 5.32 Å². The van der Waals surface area contributed by atoms with E-state index < -0.39 is 11.7 Å². The van der Waals surface area contributed by atoms with Gasteiger partial charge in [-0.25, -0.2) is 0 Å². The number of nitrogens with one attached hydrogen (secondary N) is 1. The molecule has 0 aliphatic rings. The third kappa shape index (κ3) is 5.48. The molecule has 0 heterocycles. The monoisotopic (exact) mass is 359 g/mol. The van der Waals surface area contributed by atoms with Gasteiger partial charge in [0.25, 0.3) is 0 Å². The number of rotatable bonds is 5. The fourth-order valence-electron chi connectivity index (χ4n) is 1.81. The lowest BCUT2D eigenvalue weighted by Gasteiger charge is -2.10. The summed E-state index contributed by atoms with van der Waals surface area (Å²) in [5.74, 6) is -0.129. The molecule has 0 aliphatic carbocycles. The van der Waals surface area contributed by atoms with E-state index in [1.54, 1.807) is 18.2 Å². The average Bonchev–Trinajstić information content (AvgIpc) is 2.51. The van der Waals surface area contributed by atoms with Gasteiger partial charge in [0.1, 0.15) is 0 Å². The van der Waals surface area contributed by atoms with Gasteiger partial charge < -0.3 is 5.32 Å². The number of benzene rings is 2. The maximum atomic E-state index is 12.6. The molecule has 122 valence electrons. The molecule has 0 radical (unpaired) electrons. The van der Waals surface area contributed by atoms with Crippen molar-refractivity contribution in [3.05, 3.63) is 64.7 Å². The summed E-state index contributed by atoms with van der Waals surface area (Å²) in [4.78, 5) is 12.6. The molecular formula is C16H13ClF3NOS. The standard InChI is InChI=1S/C16H13ClF3NOS/c17-13-6-1-2-7-14(13)23-10-15(22)21-9-11-4-3-5-12(8-11)16(18,19)20/h1-8H,9-10H2,(H,21,22). The van der Waals surface area contributed by atoms with Crippen molar-refractivity contribution in [3.63, 3.8) is 0 Å². The van der Waals surface area contributed by atoms with Crippen LogP contribution in [0.3, 0.4) is 0 Å². The van der Waals surface area contributed by atoms with Crippen LogP contribution in [0, 0.1) is 0 Å². The summed E-state index contributed by atoms with van der Waals surface area (Å²) < 4.78 is 37.8. The van der Waals surface area contributed by atoms with Crippen LogP contribution in [0.1, 0.15) is 11.1 Å². The van der Waals surface area contributed by atoms with Gasteiger partial charge in [0.2, 0.25) is 5.91 Å². The maximum Gasteiger partial charge on any atom is 0.416 e. The van der Waals surface area contributed by atoms with Crippen LogP contribution in [0.25, 0.3) is 0 Å². The minimum atomic E-state index is -4.39. The van der Waals surface area contributed by atoms with Crippen molar-refractivity contribution < 1.29 is 18.0 Å². The van der Waals surface area contributed by atoms with Gasteiger partial charge in [-0.2, -0.15) is 13.2 Å². The molecule has 0 saturated carbocycles. The first kappa shape index (κ1) is 17.7. The average molecular weight is 360 g/mol. The van der Waals surface area contributed by atoms with Crippen LogP contribution in [-0.4, -0.2) is 11.7 Å². The highest BCUT2D eigenvalue weighted by Gasteiger charge is 2.30. The number of alkyl halides is 3. The highest BCUT2D eigenvalue weighted by molar-refractivity contribution is 8.00. The Labute approximate surface area is 141 Å². The lowest BCUT2D eigenvalue weighted by Crippen LogP contribution is -2.24. The zero-order chi connectivity index (χ0) is 16.9. The molecule has 2 aromatic rings. The second-order valence-electron chi connectivity index (χ2n) is 4.69. The van der Waals surface area contributed by atoms with Gasteiger partial charge in [0.15, 0.2) is 0 Å². The molecule has 0 atom stereocenters. The first-order chi connectivity index (χ1) is 10.9. The predicted molar refractivity (Wildman–Crippen MR) is 85.5 cm³/mol. The molecule has 0 aliphatic heterocycles. The van der Waals surface area contributed by atoms with Crippen molar-refractivity contribution in [2.45, 2.75) is 17.6 Å². The van der Waals surface area contributed by atoms with E-state index in [1.165, 1.54) is 23.9 Å². The lowest BCUT2D eigenvalue weighted by molar-refractivity contribution is -0.137. The topological polar surface area (TPSA) is 29.1 Å². The summed E-state index contributed by atoms with van der Waals surface area (Å²) >= 11 is 7.26. The van der Waals surface area contributed by atoms with Crippen LogP contribution < -0.4 is 5.32 Å². The highest BCUT2D eigenvalue weighted by Crippen LogP contribution is 2.29. The Hall–Kier alpha value is -1.66. The first-order valence-electron chi connectivity index (χ1n) is 6.66. The van der Waals surface area contributed by atoms with Crippen molar-refractivity contribution in [3.8, 4) is 0 Å². The summed E-state index contributed by atoms with van der Waals surface area (Å²) in [7, 11) is 0. The Balaban J connectivity index is 1.86. The SMILES string of the molecule is O=C(CSc1ccccc1Cl)NCc1cccc(C(F)(F)F)c1. The smallest absolute Gasteiger partial charge is 0.351 e. The van der Waals surface area contributed by atoms with E-state index in [0.717, 1.165) is 17.0 Å². The zero-order valence-electron chi connectivity index (χ0n) is 11.9. The highest BCUT2D eigenvalue weighted by atomic mass is 35.5. The van der Waals surface area contributed by atoms with E-state index in [4.69, 9.17) is 11.6 Å². The van der Waals surface area contributed by atoms with Crippen LogP contribution in [0.15, 0.2) is 53.4 Å². The number of halogens is 4. The van der Waals surface area contributed by atoms with Crippen molar-refractivity contribution in [2.24, 2.45) is 0 Å². The number of amides is 1. The molecule has 7 heteroatoms.